The molecule has 3 aliphatic heterocycles. The van der Waals surface area contributed by atoms with E-state index in [0.717, 1.165) is 25.9 Å². The third-order valence-corrected chi connectivity index (χ3v) is 4.13. The fourth-order valence-corrected chi connectivity index (χ4v) is 2.96. The number of carbonyl (C=O) groups excluding carboxylic acids is 2. The molecular formula is C14H16N5O2+. The Labute approximate surface area is 122 Å². The highest BCUT2D eigenvalue weighted by atomic mass is 16.2. The molecule has 0 spiro atoms. The number of rotatable bonds is 1. The van der Waals surface area contributed by atoms with Crippen LogP contribution < -0.4 is 5.32 Å². The number of dihydropyridines is 1. The third kappa shape index (κ3) is 2.17. The van der Waals surface area contributed by atoms with E-state index in [1.54, 1.807) is 13.1 Å². The van der Waals surface area contributed by atoms with Crippen molar-refractivity contribution in [3.8, 4) is 6.07 Å². The van der Waals surface area contributed by atoms with Crippen molar-refractivity contribution < 1.29 is 14.2 Å². The van der Waals surface area contributed by atoms with Gasteiger partial charge in [-0.3, -0.25) is 4.79 Å². The Morgan fingerprint density at radius 3 is 2.81 bits per heavy atom. The minimum Gasteiger partial charge on any atom is -0.317 e. The van der Waals surface area contributed by atoms with Crippen LogP contribution in [0.5, 0.6) is 0 Å². The Bertz CT molecular complexity index is 634. The van der Waals surface area contributed by atoms with Gasteiger partial charge in [-0.2, -0.15) is 9.84 Å². The van der Waals surface area contributed by atoms with Crippen LogP contribution in [0.3, 0.4) is 0 Å². The summed E-state index contributed by atoms with van der Waals surface area (Å²) in [5.74, 6) is -0.525. The SMILES string of the molecule is CN1C(=O)C(=O)[N+](C2CCNCC2)=C2N=CC(C#N)=CC21. The third-order valence-electron chi connectivity index (χ3n) is 4.13. The van der Waals surface area contributed by atoms with Gasteiger partial charge in [-0.25, -0.2) is 4.79 Å². The fourth-order valence-electron chi connectivity index (χ4n) is 2.96. The lowest BCUT2D eigenvalue weighted by Gasteiger charge is -2.32. The summed E-state index contributed by atoms with van der Waals surface area (Å²) in [6.07, 6.45) is 4.73. The number of fused-ring (bicyclic) bond motifs is 1. The minimum atomic E-state index is -0.548. The molecule has 1 atom stereocenters. The van der Waals surface area contributed by atoms with E-state index in [2.05, 4.69) is 10.3 Å². The van der Waals surface area contributed by atoms with Crippen molar-refractivity contribution in [2.45, 2.75) is 24.9 Å². The molecule has 1 unspecified atom stereocenters. The number of nitriles is 1. The largest absolute Gasteiger partial charge is 0.399 e. The van der Waals surface area contributed by atoms with E-state index in [-0.39, 0.29) is 6.04 Å². The first-order valence-corrected chi connectivity index (χ1v) is 6.97. The minimum absolute atomic E-state index is 0.0110. The monoisotopic (exact) mass is 286 g/mol. The van der Waals surface area contributed by atoms with Crippen molar-refractivity contribution in [3.05, 3.63) is 11.6 Å². The van der Waals surface area contributed by atoms with E-state index in [0.29, 0.717) is 11.4 Å². The quantitative estimate of drug-likeness (QED) is 0.497. The Balaban J connectivity index is 2.08. The van der Waals surface area contributed by atoms with Crippen molar-refractivity contribution in [2.75, 3.05) is 20.1 Å². The van der Waals surface area contributed by atoms with Crippen LogP contribution in [0, 0.1) is 11.3 Å². The van der Waals surface area contributed by atoms with Crippen LogP contribution in [-0.2, 0) is 9.59 Å². The highest BCUT2D eigenvalue weighted by Gasteiger charge is 2.47. The van der Waals surface area contributed by atoms with Crippen molar-refractivity contribution in [1.82, 2.24) is 10.2 Å². The van der Waals surface area contributed by atoms with Crippen molar-refractivity contribution in [2.24, 2.45) is 4.99 Å². The number of nitrogens with zero attached hydrogens (tertiary/aromatic N) is 4. The standard InChI is InChI=1S/C14H16N5O2/c1-18-11-6-9(7-15)8-17-12(11)19(14(21)13(18)20)10-2-4-16-5-3-10/h6,8,10-11,16H,2-5H2,1H3/q+1. The summed E-state index contributed by atoms with van der Waals surface area (Å²) in [4.78, 5) is 30.2. The lowest BCUT2D eigenvalue weighted by Crippen LogP contribution is -2.59. The molecule has 0 aromatic rings. The predicted molar refractivity (Wildman–Crippen MR) is 74.9 cm³/mol. The van der Waals surface area contributed by atoms with Gasteiger partial charge in [0.2, 0.25) is 0 Å². The van der Waals surface area contributed by atoms with Crippen LogP contribution in [0.1, 0.15) is 12.8 Å². The Kier molecular flexibility index (Phi) is 3.39. The molecule has 7 nitrogen and oxygen atoms in total. The van der Waals surface area contributed by atoms with Gasteiger partial charge in [-0.1, -0.05) is 4.99 Å². The molecule has 7 heteroatoms. The number of amides is 2. The van der Waals surface area contributed by atoms with Gasteiger partial charge in [-0.15, -0.1) is 0 Å². The summed E-state index contributed by atoms with van der Waals surface area (Å²) in [5, 5.41) is 12.2. The zero-order chi connectivity index (χ0) is 15.0. The average Bonchev–Trinajstić information content (AvgIpc) is 2.54. The maximum Gasteiger partial charge on any atom is 0.399 e. The molecule has 0 saturated carbocycles. The first-order valence-electron chi connectivity index (χ1n) is 6.97. The summed E-state index contributed by atoms with van der Waals surface area (Å²) in [5.41, 5.74) is 0.406. The van der Waals surface area contributed by atoms with Gasteiger partial charge in [0.25, 0.3) is 0 Å². The molecule has 1 fully saturated rings. The molecule has 108 valence electrons. The summed E-state index contributed by atoms with van der Waals surface area (Å²) < 4.78 is 1.54. The number of hydrogen-bond donors (Lipinski definition) is 1. The molecule has 0 aromatic carbocycles. The van der Waals surface area contributed by atoms with Crippen LogP contribution in [0.15, 0.2) is 16.6 Å². The summed E-state index contributed by atoms with van der Waals surface area (Å²) in [6.45, 7) is 1.64. The average molecular weight is 286 g/mol. The molecule has 21 heavy (non-hydrogen) atoms. The predicted octanol–water partition coefficient (Wildman–Crippen LogP) is -0.949. The molecular weight excluding hydrogens is 270 g/mol. The number of piperidine rings is 1. The van der Waals surface area contributed by atoms with Crippen LogP contribution in [0.4, 0.5) is 0 Å². The number of nitrogens with one attached hydrogen (secondary N) is 1. The van der Waals surface area contributed by atoms with E-state index in [4.69, 9.17) is 5.26 Å². The highest BCUT2D eigenvalue weighted by molar-refractivity contribution is 6.34. The van der Waals surface area contributed by atoms with Gasteiger partial charge in [0, 0.05) is 19.9 Å². The van der Waals surface area contributed by atoms with Gasteiger partial charge >= 0.3 is 17.6 Å². The van der Waals surface area contributed by atoms with Crippen LogP contribution >= 0.6 is 0 Å². The molecule has 3 heterocycles. The lowest BCUT2D eigenvalue weighted by atomic mass is 10.0. The Morgan fingerprint density at radius 2 is 2.14 bits per heavy atom. The first kappa shape index (κ1) is 13.6. The van der Waals surface area contributed by atoms with E-state index in [1.165, 1.54) is 15.7 Å². The van der Waals surface area contributed by atoms with Gasteiger partial charge in [-0.05, 0) is 19.2 Å². The van der Waals surface area contributed by atoms with E-state index in [9.17, 15) is 9.59 Å². The summed E-state index contributed by atoms with van der Waals surface area (Å²) in [7, 11) is 1.57. The smallest absolute Gasteiger partial charge is 0.317 e. The number of likely N-dealkylation sites (N-methyl/N-ethyl adjacent to an activating group) is 1. The fraction of sp³-hybridized carbons (Fsp3) is 0.500. The number of amidine groups is 1. The Morgan fingerprint density at radius 1 is 1.43 bits per heavy atom. The lowest BCUT2D eigenvalue weighted by molar-refractivity contribution is -0.492. The Hall–Kier alpha value is -2.33. The number of hydrogen-bond acceptors (Lipinski definition) is 5. The highest BCUT2D eigenvalue weighted by Crippen LogP contribution is 2.19. The molecule has 3 aliphatic rings. The molecule has 0 aliphatic carbocycles. The second-order valence-corrected chi connectivity index (χ2v) is 5.37. The molecule has 1 N–H and O–H groups in total. The van der Waals surface area contributed by atoms with E-state index in [1.807, 2.05) is 6.07 Å². The normalized spacial score (nSPS) is 26.6. The molecule has 0 aromatic heterocycles. The van der Waals surface area contributed by atoms with Crippen molar-refractivity contribution in [1.29, 1.82) is 5.26 Å². The van der Waals surface area contributed by atoms with E-state index < -0.39 is 17.9 Å². The zero-order valence-electron chi connectivity index (χ0n) is 11.7. The maximum atomic E-state index is 12.4. The van der Waals surface area contributed by atoms with Gasteiger partial charge in [0.15, 0.2) is 12.3 Å². The van der Waals surface area contributed by atoms with Crippen LogP contribution in [0.2, 0.25) is 0 Å². The zero-order valence-corrected chi connectivity index (χ0v) is 11.7. The molecule has 3 rings (SSSR count). The van der Waals surface area contributed by atoms with E-state index >= 15 is 0 Å². The summed E-state index contributed by atoms with van der Waals surface area (Å²) in [6, 6.07) is 1.57. The molecule has 2 amide bonds. The van der Waals surface area contributed by atoms with Crippen LogP contribution in [0.25, 0.3) is 0 Å². The summed E-state index contributed by atoms with van der Waals surface area (Å²) >= 11 is 0. The van der Waals surface area contributed by atoms with Gasteiger partial charge in [0.05, 0.1) is 5.57 Å². The second-order valence-electron chi connectivity index (χ2n) is 5.37. The first-order chi connectivity index (χ1) is 10.1. The van der Waals surface area contributed by atoms with Gasteiger partial charge in [0.1, 0.15) is 12.1 Å². The number of aliphatic imine (C=N–C) groups is 1. The van der Waals surface area contributed by atoms with Crippen LogP contribution in [-0.4, -0.2) is 65.6 Å². The topological polar surface area (TPSA) is 88.6 Å². The van der Waals surface area contributed by atoms with Crippen molar-refractivity contribution in [3.63, 3.8) is 0 Å². The van der Waals surface area contributed by atoms with Gasteiger partial charge < -0.3 is 10.2 Å². The molecule has 0 bridgehead atoms. The second kappa shape index (κ2) is 5.22. The molecule has 0 radical (unpaired) electrons. The maximum absolute atomic E-state index is 12.4. The number of allylic oxidation sites excluding steroid dienone is 1. The number of carbonyl (C=O) groups is 2. The van der Waals surface area contributed by atoms with Crippen molar-refractivity contribution >= 4 is 23.9 Å². The molecule has 1 saturated heterocycles.